The molecule has 0 fully saturated rings. The van der Waals surface area contributed by atoms with E-state index in [0.717, 1.165) is 28.8 Å². The summed E-state index contributed by atoms with van der Waals surface area (Å²) in [5, 5.41) is 11.1. The maximum absolute atomic E-state index is 11.1. The van der Waals surface area contributed by atoms with Gasteiger partial charge in [-0.05, 0) is 41.8 Å². The molecule has 0 saturated heterocycles. The quantitative estimate of drug-likeness (QED) is 0.894. The van der Waals surface area contributed by atoms with Gasteiger partial charge in [0.2, 0.25) is 0 Å². The van der Waals surface area contributed by atoms with Gasteiger partial charge in [0.25, 0.3) is 0 Å². The standard InChI is InChI=1S/C21H23NO5/c1-24-16-6-5-13-9-15-14-11-18(26-3)17(25-2)10-12(14)7-8-22(15)21(23)19(13)20(16)27-4/h5-6,9-11,21,23H,7-8H2,1-4H3/t21-/m0/s1. The van der Waals surface area contributed by atoms with E-state index in [-0.39, 0.29) is 0 Å². The average Bonchev–Trinajstić information content (AvgIpc) is 2.71. The first-order valence-corrected chi connectivity index (χ1v) is 8.79. The number of hydrogen-bond acceptors (Lipinski definition) is 6. The van der Waals surface area contributed by atoms with Crippen LogP contribution in [0, 0.1) is 0 Å². The Kier molecular flexibility index (Phi) is 4.36. The summed E-state index contributed by atoms with van der Waals surface area (Å²) in [6.07, 6.45) is 2.06. The molecule has 0 bridgehead atoms. The molecule has 0 saturated carbocycles. The highest BCUT2D eigenvalue weighted by Crippen LogP contribution is 2.48. The van der Waals surface area contributed by atoms with E-state index in [1.807, 2.05) is 29.2 Å². The summed E-state index contributed by atoms with van der Waals surface area (Å²) >= 11 is 0. The monoisotopic (exact) mass is 369 g/mol. The molecule has 0 aliphatic carbocycles. The zero-order chi connectivity index (χ0) is 19.1. The number of benzene rings is 2. The summed E-state index contributed by atoms with van der Waals surface area (Å²) in [5.74, 6) is 2.56. The molecular formula is C21H23NO5. The van der Waals surface area contributed by atoms with Crippen molar-refractivity contribution in [3.8, 4) is 23.0 Å². The van der Waals surface area contributed by atoms with E-state index in [2.05, 4.69) is 6.08 Å². The molecule has 2 heterocycles. The summed E-state index contributed by atoms with van der Waals surface area (Å²) in [4.78, 5) is 1.98. The van der Waals surface area contributed by atoms with Crippen LogP contribution in [0.15, 0.2) is 24.3 Å². The number of hydrogen-bond donors (Lipinski definition) is 1. The van der Waals surface area contributed by atoms with Crippen molar-refractivity contribution in [1.82, 2.24) is 4.90 Å². The van der Waals surface area contributed by atoms with Crippen LogP contribution < -0.4 is 18.9 Å². The molecule has 6 nitrogen and oxygen atoms in total. The number of rotatable bonds is 4. The van der Waals surface area contributed by atoms with Crippen molar-refractivity contribution in [1.29, 1.82) is 0 Å². The summed E-state index contributed by atoms with van der Waals surface area (Å²) in [6.45, 7) is 0.690. The molecular weight excluding hydrogens is 346 g/mol. The van der Waals surface area contributed by atoms with Crippen molar-refractivity contribution >= 4 is 11.8 Å². The maximum atomic E-state index is 11.1. The van der Waals surface area contributed by atoms with Crippen LogP contribution in [0.2, 0.25) is 0 Å². The second-order valence-corrected chi connectivity index (χ2v) is 6.51. The molecule has 0 aromatic heterocycles. The fourth-order valence-electron chi connectivity index (χ4n) is 3.96. The lowest BCUT2D eigenvalue weighted by Crippen LogP contribution is -2.35. The Bertz CT molecular complexity index is 921. The van der Waals surface area contributed by atoms with Crippen LogP contribution in [0.1, 0.15) is 28.5 Å². The van der Waals surface area contributed by atoms with Crippen molar-refractivity contribution in [2.75, 3.05) is 35.0 Å². The largest absolute Gasteiger partial charge is 0.493 e. The van der Waals surface area contributed by atoms with Gasteiger partial charge in [-0.25, -0.2) is 0 Å². The van der Waals surface area contributed by atoms with Gasteiger partial charge in [0, 0.05) is 17.8 Å². The predicted molar refractivity (Wildman–Crippen MR) is 102 cm³/mol. The predicted octanol–water partition coefficient (Wildman–Crippen LogP) is 3.08. The van der Waals surface area contributed by atoms with Crippen molar-refractivity contribution in [2.24, 2.45) is 0 Å². The van der Waals surface area contributed by atoms with E-state index in [4.69, 9.17) is 18.9 Å². The maximum Gasteiger partial charge on any atom is 0.169 e. The van der Waals surface area contributed by atoms with Gasteiger partial charge in [-0.15, -0.1) is 0 Å². The lowest BCUT2D eigenvalue weighted by Gasteiger charge is -2.41. The average molecular weight is 369 g/mol. The Morgan fingerprint density at radius 2 is 1.63 bits per heavy atom. The molecule has 0 spiro atoms. The number of ether oxygens (including phenoxy) is 4. The third kappa shape index (κ3) is 2.59. The second-order valence-electron chi connectivity index (χ2n) is 6.51. The number of nitrogens with zero attached hydrogens (tertiary/aromatic N) is 1. The number of fused-ring (bicyclic) bond motifs is 4. The molecule has 142 valence electrons. The van der Waals surface area contributed by atoms with Crippen molar-refractivity contribution < 1.29 is 24.1 Å². The highest BCUT2D eigenvalue weighted by molar-refractivity contribution is 5.87. The van der Waals surface area contributed by atoms with Crippen LogP contribution in [0.25, 0.3) is 11.8 Å². The van der Waals surface area contributed by atoms with E-state index in [1.165, 1.54) is 5.56 Å². The molecule has 0 amide bonds. The normalized spacial score (nSPS) is 17.3. The second kappa shape index (κ2) is 6.70. The fourth-order valence-corrected chi connectivity index (χ4v) is 3.96. The molecule has 2 aliphatic heterocycles. The first-order chi connectivity index (χ1) is 13.1. The number of aliphatic hydroxyl groups is 1. The highest BCUT2D eigenvalue weighted by atomic mass is 16.5. The lowest BCUT2D eigenvalue weighted by molar-refractivity contribution is 0.0394. The van der Waals surface area contributed by atoms with Gasteiger partial charge in [0.15, 0.2) is 29.2 Å². The van der Waals surface area contributed by atoms with Crippen LogP contribution in [0.3, 0.4) is 0 Å². The third-order valence-corrected chi connectivity index (χ3v) is 5.28. The van der Waals surface area contributed by atoms with Gasteiger partial charge < -0.3 is 29.0 Å². The van der Waals surface area contributed by atoms with Gasteiger partial charge in [-0.2, -0.15) is 0 Å². The Balaban J connectivity index is 1.91. The van der Waals surface area contributed by atoms with Gasteiger partial charge in [0.05, 0.1) is 34.0 Å². The molecule has 27 heavy (non-hydrogen) atoms. The van der Waals surface area contributed by atoms with Crippen LogP contribution in [-0.4, -0.2) is 45.0 Å². The van der Waals surface area contributed by atoms with Gasteiger partial charge >= 0.3 is 0 Å². The van der Waals surface area contributed by atoms with E-state index in [9.17, 15) is 5.11 Å². The Hall–Kier alpha value is -2.86. The molecule has 2 aromatic rings. The lowest BCUT2D eigenvalue weighted by atomic mass is 9.89. The Morgan fingerprint density at radius 3 is 2.30 bits per heavy atom. The molecule has 2 aliphatic rings. The van der Waals surface area contributed by atoms with Crippen molar-refractivity contribution in [3.63, 3.8) is 0 Å². The highest BCUT2D eigenvalue weighted by Gasteiger charge is 2.35. The topological polar surface area (TPSA) is 60.4 Å². The van der Waals surface area contributed by atoms with E-state index in [0.29, 0.717) is 29.5 Å². The molecule has 0 unspecified atom stereocenters. The third-order valence-electron chi connectivity index (χ3n) is 5.28. The van der Waals surface area contributed by atoms with Gasteiger partial charge in [-0.3, -0.25) is 0 Å². The van der Waals surface area contributed by atoms with Crippen LogP contribution in [0.5, 0.6) is 23.0 Å². The molecule has 1 atom stereocenters. The zero-order valence-electron chi connectivity index (χ0n) is 15.9. The van der Waals surface area contributed by atoms with Gasteiger partial charge in [0.1, 0.15) is 0 Å². The summed E-state index contributed by atoms with van der Waals surface area (Å²) < 4.78 is 21.8. The Labute approximate surface area is 158 Å². The first-order valence-electron chi connectivity index (χ1n) is 8.79. The van der Waals surface area contributed by atoms with Crippen LogP contribution >= 0.6 is 0 Å². The minimum atomic E-state index is -0.814. The minimum Gasteiger partial charge on any atom is -0.493 e. The minimum absolute atomic E-state index is 0.566. The SMILES string of the molecule is COc1cc2c(cc1OC)C1=Cc3ccc(OC)c(OC)c3[C@H](O)N1CC2. The fraction of sp³-hybridized carbons (Fsp3) is 0.333. The molecule has 2 aromatic carbocycles. The number of aliphatic hydroxyl groups excluding tert-OH is 1. The summed E-state index contributed by atoms with van der Waals surface area (Å²) in [5.41, 5.74) is 4.81. The van der Waals surface area contributed by atoms with E-state index < -0.39 is 6.23 Å². The molecule has 4 rings (SSSR count). The Morgan fingerprint density at radius 1 is 0.926 bits per heavy atom. The molecule has 1 N–H and O–H groups in total. The number of methoxy groups -OCH3 is 4. The van der Waals surface area contributed by atoms with E-state index >= 15 is 0 Å². The van der Waals surface area contributed by atoms with Crippen molar-refractivity contribution in [3.05, 3.63) is 46.5 Å². The van der Waals surface area contributed by atoms with Gasteiger partial charge in [-0.1, -0.05) is 6.07 Å². The zero-order valence-corrected chi connectivity index (χ0v) is 15.9. The summed E-state index contributed by atoms with van der Waals surface area (Å²) in [7, 11) is 6.45. The van der Waals surface area contributed by atoms with Crippen LogP contribution in [0.4, 0.5) is 0 Å². The van der Waals surface area contributed by atoms with E-state index in [1.54, 1.807) is 28.4 Å². The summed E-state index contributed by atoms with van der Waals surface area (Å²) in [6, 6.07) is 7.79. The smallest absolute Gasteiger partial charge is 0.169 e. The van der Waals surface area contributed by atoms with Crippen LogP contribution in [-0.2, 0) is 6.42 Å². The molecule has 0 radical (unpaired) electrons. The molecule has 6 heteroatoms. The first kappa shape index (κ1) is 17.5. The van der Waals surface area contributed by atoms with Crippen molar-refractivity contribution in [2.45, 2.75) is 12.6 Å².